The van der Waals surface area contributed by atoms with E-state index in [4.69, 9.17) is 4.74 Å². The standard InChI is InChI=1S/C11H20O2.C10H17N.C2H6.W/c1-3-4-9(2)5-6-11(12)10-7-13-8-10;1-11-6-5-9-7-10(9)8-3-2-4-8;1-2;/h9-10H,3-8H2,1-2H3;8-9H,2-7H2,1H3;1-2H3;/q;-2;;+2. The Labute approximate surface area is 183 Å². The molecule has 2 aliphatic carbocycles. The van der Waals surface area contributed by atoms with Crippen LogP contribution in [0.15, 0.2) is 0 Å². The van der Waals surface area contributed by atoms with Crippen LogP contribution in [0.1, 0.15) is 85.5 Å². The van der Waals surface area contributed by atoms with Gasteiger partial charge in [-0.3, -0.25) is 4.79 Å². The summed E-state index contributed by atoms with van der Waals surface area (Å²) < 4.78 is 4.99. The molecular weight excluding hydrogens is 506 g/mol. The third-order valence-electron chi connectivity index (χ3n) is 5.94. The zero-order chi connectivity index (χ0) is 19.4. The molecule has 1 heterocycles. The molecule has 0 radical (unpaired) electrons. The largest absolute Gasteiger partial charge is 2.00 e. The van der Waals surface area contributed by atoms with Gasteiger partial charge in [0, 0.05) is 6.42 Å². The van der Waals surface area contributed by atoms with E-state index in [1.54, 1.807) is 0 Å². The number of carbonyl (C=O) groups is 1. The van der Waals surface area contributed by atoms with Crippen LogP contribution in [0.3, 0.4) is 0 Å². The van der Waals surface area contributed by atoms with Crippen LogP contribution in [0.25, 0.3) is 5.32 Å². The molecular formula is C23H43NO2W. The quantitative estimate of drug-likeness (QED) is 0.304. The Hall–Kier alpha value is 0.278. The number of rotatable bonds is 10. The second-order valence-electron chi connectivity index (χ2n) is 8.07. The van der Waals surface area contributed by atoms with Gasteiger partial charge >= 0.3 is 21.1 Å². The molecule has 158 valence electrons. The maximum Gasteiger partial charge on any atom is 2.00 e. The molecule has 0 bridgehead atoms. The second kappa shape index (κ2) is 16.1. The van der Waals surface area contributed by atoms with Crippen LogP contribution in [0.2, 0.25) is 0 Å². The average Bonchev–Trinajstić information content (AvgIpc) is 3.29. The van der Waals surface area contributed by atoms with E-state index in [9.17, 15) is 4.79 Å². The van der Waals surface area contributed by atoms with Crippen molar-refractivity contribution in [1.29, 1.82) is 0 Å². The summed E-state index contributed by atoms with van der Waals surface area (Å²) in [6.45, 7) is 10.8. The molecule has 4 heteroatoms. The topological polar surface area (TPSA) is 40.4 Å². The third kappa shape index (κ3) is 10.6. The Morgan fingerprint density at radius 3 is 2.33 bits per heavy atom. The Kier molecular flexibility index (Phi) is 16.3. The zero-order valence-electron chi connectivity index (χ0n) is 18.5. The molecule has 27 heavy (non-hydrogen) atoms. The van der Waals surface area contributed by atoms with Crippen LogP contribution in [0, 0.1) is 29.6 Å². The number of carbonyl (C=O) groups excluding carboxylic acids is 1. The summed E-state index contributed by atoms with van der Waals surface area (Å²) in [4.78, 5) is 11.5. The minimum absolute atomic E-state index is 0. The fourth-order valence-corrected chi connectivity index (χ4v) is 3.73. The van der Waals surface area contributed by atoms with Crippen LogP contribution in [0.4, 0.5) is 0 Å². The first-order chi connectivity index (χ1) is 12.7. The van der Waals surface area contributed by atoms with Crippen molar-refractivity contribution >= 4 is 5.78 Å². The summed E-state index contributed by atoms with van der Waals surface area (Å²) in [5, 5.41) is 4.14. The molecule has 0 aromatic heterocycles. The Morgan fingerprint density at radius 2 is 1.89 bits per heavy atom. The summed E-state index contributed by atoms with van der Waals surface area (Å²) in [5.74, 6) is 5.28. The number of hydrogen-bond donors (Lipinski definition) is 0. The molecule has 0 aromatic carbocycles. The maximum atomic E-state index is 11.5. The van der Waals surface area contributed by atoms with E-state index in [2.05, 4.69) is 19.2 Å². The Bertz CT molecular complexity index is 369. The van der Waals surface area contributed by atoms with E-state index < -0.39 is 0 Å². The molecule has 0 amide bonds. The molecule has 3 aliphatic rings. The van der Waals surface area contributed by atoms with Crippen molar-refractivity contribution in [3.05, 3.63) is 11.2 Å². The third-order valence-corrected chi connectivity index (χ3v) is 5.94. The first-order valence-electron chi connectivity index (χ1n) is 11.2. The van der Waals surface area contributed by atoms with Crippen molar-refractivity contribution in [3.8, 4) is 0 Å². The maximum absolute atomic E-state index is 11.5. The molecule has 3 fully saturated rings. The fraction of sp³-hybridized carbons (Fsp3) is 0.913. The van der Waals surface area contributed by atoms with E-state index in [-0.39, 0.29) is 27.0 Å². The minimum Gasteiger partial charge on any atom is -0.665 e. The number of Topliss-reactive ketones (excluding diaryl/α,β-unsaturated/α-hetero) is 1. The van der Waals surface area contributed by atoms with E-state index in [1.165, 1.54) is 44.9 Å². The van der Waals surface area contributed by atoms with Crippen LogP contribution >= 0.6 is 0 Å². The van der Waals surface area contributed by atoms with E-state index in [0.717, 1.165) is 31.2 Å². The number of ketones is 1. The first kappa shape index (κ1) is 27.3. The van der Waals surface area contributed by atoms with Gasteiger partial charge in [0.15, 0.2) is 0 Å². The van der Waals surface area contributed by atoms with Gasteiger partial charge in [0.2, 0.25) is 0 Å². The van der Waals surface area contributed by atoms with Crippen molar-refractivity contribution in [2.24, 2.45) is 23.7 Å². The van der Waals surface area contributed by atoms with Crippen molar-refractivity contribution in [2.75, 3.05) is 26.8 Å². The molecule has 2 atom stereocenters. The minimum atomic E-state index is 0. The summed E-state index contributed by atoms with van der Waals surface area (Å²) >= 11 is 0. The predicted molar refractivity (Wildman–Crippen MR) is 111 cm³/mol. The summed E-state index contributed by atoms with van der Waals surface area (Å²) in [5.41, 5.74) is 0. The summed E-state index contributed by atoms with van der Waals surface area (Å²) in [7, 11) is 1.92. The van der Waals surface area contributed by atoms with Crippen LogP contribution in [-0.4, -0.2) is 32.6 Å². The van der Waals surface area contributed by atoms with E-state index >= 15 is 0 Å². The van der Waals surface area contributed by atoms with Gasteiger partial charge in [-0.2, -0.15) is 25.4 Å². The molecule has 0 aromatic rings. The Morgan fingerprint density at radius 1 is 1.22 bits per heavy atom. The van der Waals surface area contributed by atoms with E-state index in [0.29, 0.717) is 24.9 Å². The summed E-state index contributed by atoms with van der Waals surface area (Å²) in [6.07, 6.45) is 11.5. The van der Waals surface area contributed by atoms with Gasteiger partial charge in [0.05, 0.1) is 19.1 Å². The normalized spacial score (nSPS) is 22.6. The van der Waals surface area contributed by atoms with Crippen LogP contribution < -0.4 is 0 Å². The predicted octanol–water partition coefficient (Wildman–Crippen LogP) is 6.22. The smallest absolute Gasteiger partial charge is 0.665 e. The molecule has 0 N–H and O–H groups in total. The molecule has 0 spiro atoms. The van der Waals surface area contributed by atoms with Gasteiger partial charge < -0.3 is 16.0 Å². The van der Waals surface area contributed by atoms with Crippen LogP contribution in [0.5, 0.6) is 0 Å². The average molecular weight is 549 g/mol. The molecule has 3 nitrogen and oxygen atoms in total. The zero-order valence-corrected chi connectivity index (χ0v) is 21.4. The SMILES string of the molecule is CC.CCCC(C)CCC(=O)C1COC1.C[N-]CCC1C[C-]1C1CCC1.[W+2]. The number of nitrogens with zero attached hydrogens (tertiary/aromatic N) is 1. The number of hydrogen-bond acceptors (Lipinski definition) is 2. The fourth-order valence-electron chi connectivity index (χ4n) is 3.73. The van der Waals surface area contributed by atoms with E-state index in [1.807, 2.05) is 26.8 Å². The summed E-state index contributed by atoms with van der Waals surface area (Å²) in [6, 6.07) is 0. The molecule has 1 saturated heterocycles. The molecule has 2 saturated carbocycles. The van der Waals surface area contributed by atoms with Crippen molar-refractivity contribution in [3.63, 3.8) is 0 Å². The van der Waals surface area contributed by atoms with Gasteiger partial charge in [-0.05, 0) is 12.3 Å². The van der Waals surface area contributed by atoms with Crippen LogP contribution in [-0.2, 0) is 30.6 Å². The van der Waals surface area contributed by atoms with Crippen molar-refractivity contribution < 1.29 is 30.6 Å². The molecule has 1 aliphatic heterocycles. The van der Waals surface area contributed by atoms with Crippen molar-refractivity contribution in [2.45, 2.75) is 85.5 Å². The molecule has 2 unspecified atom stereocenters. The molecule has 3 rings (SSSR count). The number of ether oxygens (including phenoxy) is 1. The van der Waals surface area contributed by atoms with Gasteiger partial charge in [-0.1, -0.05) is 66.2 Å². The van der Waals surface area contributed by atoms with Gasteiger partial charge in [0.25, 0.3) is 0 Å². The first-order valence-corrected chi connectivity index (χ1v) is 11.2. The Balaban J connectivity index is 0.000000447. The van der Waals surface area contributed by atoms with Gasteiger partial charge in [-0.15, -0.1) is 0 Å². The monoisotopic (exact) mass is 549 g/mol. The van der Waals surface area contributed by atoms with Gasteiger partial charge in [-0.25, -0.2) is 6.42 Å². The van der Waals surface area contributed by atoms with Crippen molar-refractivity contribution in [1.82, 2.24) is 0 Å². The second-order valence-corrected chi connectivity index (χ2v) is 8.07. The van der Waals surface area contributed by atoms with Gasteiger partial charge in [0.1, 0.15) is 5.78 Å².